The van der Waals surface area contributed by atoms with E-state index in [4.69, 9.17) is 0 Å². The van der Waals surface area contributed by atoms with E-state index in [1.807, 2.05) is 0 Å². The van der Waals surface area contributed by atoms with E-state index in [1.54, 1.807) is 0 Å². The van der Waals surface area contributed by atoms with Crippen LogP contribution in [-0.4, -0.2) is 0 Å². The topological polar surface area (TPSA) is 0 Å². The zero-order chi connectivity index (χ0) is 10.8. The Morgan fingerprint density at radius 3 is 1.50 bits per heavy atom. The van der Waals surface area contributed by atoms with Gasteiger partial charge < -0.3 is 0 Å². The van der Waals surface area contributed by atoms with Crippen LogP contribution in [0.25, 0.3) is 24.3 Å². The number of hydrogen-bond donors (Lipinski definition) is 0. The molecule has 0 unspecified atom stereocenters. The van der Waals surface area contributed by atoms with Crippen LogP contribution >= 0.6 is 0 Å². The van der Waals surface area contributed by atoms with Crippen molar-refractivity contribution in [1.29, 1.82) is 0 Å². The zero-order valence-electron chi connectivity index (χ0n) is 8.93. The molecule has 0 spiro atoms. The molecule has 0 saturated carbocycles. The lowest BCUT2D eigenvalue weighted by Crippen LogP contribution is -2.15. The first-order valence-corrected chi connectivity index (χ1v) is 5.48. The summed E-state index contributed by atoms with van der Waals surface area (Å²) in [5.74, 6) is 0. The Kier molecular flexibility index (Phi) is 2.19. The average molecular weight is 204 g/mol. The van der Waals surface area contributed by atoms with Crippen molar-refractivity contribution in [2.24, 2.45) is 0 Å². The highest BCUT2D eigenvalue weighted by atomic mass is 14.0. The molecule has 0 heterocycles. The van der Waals surface area contributed by atoms with Crippen LogP contribution in [-0.2, 0) is 0 Å². The van der Waals surface area contributed by atoms with Crippen LogP contribution in [0.2, 0.25) is 0 Å². The Hall–Kier alpha value is -2.08. The summed E-state index contributed by atoms with van der Waals surface area (Å²) in [4.78, 5) is 0. The van der Waals surface area contributed by atoms with Crippen molar-refractivity contribution in [1.82, 2.24) is 0 Å². The minimum absolute atomic E-state index is 1.28. The van der Waals surface area contributed by atoms with E-state index in [1.165, 1.54) is 21.6 Å². The fourth-order valence-corrected chi connectivity index (χ4v) is 2.01. The first kappa shape index (κ1) is 9.17. The SMILES string of the molecule is C1=CC=c2cc3c(cc2C=C1)=CC=CC=C3. The van der Waals surface area contributed by atoms with Crippen LogP contribution in [0.3, 0.4) is 0 Å². The second-order valence-corrected chi connectivity index (χ2v) is 3.93. The summed E-state index contributed by atoms with van der Waals surface area (Å²) >= 11 is 0. The van der Waals surface area contributed by atoms with Crippen molar-refractivity contribution in [3.8, 4) is 0 Å². The van der Waals surface area contributed by atoms with Gasteiger partial charge in [0.05, 0.1) is 0 Å². The van der Waals surface area contributed by atoms with Crippen LogP contribution in [0.1, 0.15) is 11.1 Å². The summed E-state index contributed by atoms with van der Waals surface area (Å²) in [6.07, 6.45) is 21.1. The Morgan fingerprint density at radius 1 is 0.500 bits per heavy atom. The first-order valence-electron chi connectivity index (χ1n) is 5.48. The van der Waals surface area contributed by atoms with E-state index in [0.717, 1.165) is 0 Å². The van der Waals surface area contributed by atoms with Crippen molar-refractivity contribution in [2.75, 3.05) is 0 Å². The quantitative estimate of drug-likeness (QED) is 0.609. The third-order valence-electron chi connectivity index (χ3n) is 2.84. The highest BCUT2D eigenvalue weighted by Gasteiger charge is 1.98. The first-order chi connectivity index (χ1) is 7.93. The third-order valence-corrected chi connectivity index (χ3v) is 2.84. The molecule has 2 aliphatic rings. The molecule has 0 saturated heterocycles. The van der Waals surface area contributed by atoms with Gasteiger partial charge in [-0.1, -0.05) is 60.8 Å². The van der Waals surface area contributed by atoms with E-state index in [9.17, 15) is 0 Å². The number of benzene rings is 1. The maximum absolute atomic E-state index is 2.24. The van der Waals surface area contributed by atoms with Crippen LogP contribution in [0, 0.1) is 0 Å². The summed E-state index contributed by atoms with van der Waals surface area (Å²) in [6.45, 7) is 0. The lowest BCUT2D eigenvalue weighted by atomic mass is 10.0. The normalized spacial score (nSPS) is 15.5. The van der Waals surface area contributed by atoms with Gasteiger partial charge in [0.1, 0.15) is 0 Å². The minimum atomic E-state index is 1.28. The van der Waals surface area contributed by atoms with Gasteiger partial charge in [0.2, 0.25) is 0 Å². The second-order valence-electron chi connectivity index (χ2n) is 3.93. The van der Waals surface area contributed by atoms with Crippen molar-refractivity contribution < 1.29 is 0 Å². The fraction of sp³-hybridized carbons (Fsp3) is 0. The molecule has 0 aliphatic heterocycles. The molecule has 0 atom stereocenters. The largest absolute Gasteiger partial charge is 0.0622 e. The van der Waals surface area contributed by atoms with Crippen molar-refractivity contribution in [3.63, 3.8) is 0 Å². The molecule has 3 rings (SSSR count). The standard InChI is InChI=1S/C16H12/c1-3-7-13-11-15-9-5-2-6-10-16(15)12-14(13)8-4-1/h1-12H. The van der Waals surface area contributed by atoms with E-state index < -0.39 is 0 Å². The van der Waals surface area contributed by atoms with Gasteiger partial charge in [0, 0.05) is 0 Å². The zero-order valence-corrected chi connectivity index (χ0v) is 8.93. The lowest BCUT2D eigenvalue weighted by Gasteiger charge is -2.00. The molecule has 2 aliphatic carbocycles. The highest BCUT2D eigenvalue weighted by molar-refractivity contribution is 5.66. The number of allylic oxidation sites excluding steroid dienone is 6. The molecule has 76 valence electrons. The molecule has 0 fully saturated rings. The summed E-state index contributed by atoms with van der Waals surface area (Å²) in [5, 5.41) is 2.56. The number of rotatable bonds is 0. The van der Waals surface area contributed by atoms with E-state index >= 15 is 0 Å². The van der Waals surface area contributed by atoms with Crippen molar-refractivity contribution in [3.05, 3.63) is 70.2 Å². The van der Waals surface area contributed by atoms with Crippen molar-refractivity contribution in [2.45, 2.75) is 0 Å². The molecule has 0 bridgehead atoms. The Bertz CT molecular complexity index is 590. The second kappa shape index (κ2) is 3.82. The molecule has 0 nitrogen and oxygen atoms in total. The van der Waals surface area contributed by atoms with E-state index in [0.29, 0.717) is 0 Å². The predicted octanol–water partition coefficient (Wildman–Crippen LogP) is 2.41. The van der Waals surface area contributed by atoms with Gasteiger partial charge in [-0.25, -0.2) is 0 Å². The molecule has 0 amide bonds. The molecule has 16 heavy (non-hydrogen) atoms. The van der Waals surface area contributed by atoms with Crippen LogP contribution < -0.4 is 10.4 Å². The number of hydrogen-bond acceptors (Lipinski definition) is 0. The van der Waals surface area contributed by atoms with Crippen LogP contribution in [0.4, 0.5) is 0 Å². The molecule has 1 aromatic carbocycles. The average Bonchev–Trinajstić information content (AvgIpc) is 2.64. The van der Waals surface area contributed by atoms with E-state index in [-0.39, 0.29) is 0 Å². The van der Waals surface area contributed by atoms with Gasteiger partial charge in [0.25, 0.3) is 0 Å². The number of fused-ring (bicyclic) bond motifs is 2. The van der Waals surface area contributed by atoms with Crippen LogP contribution in [0.15, 0.2) is 48.6 Å². The van der Waals surface area contributed by atoms with Gasteiger partial charge in [0.15, 0.2) is 0 Å². The summed E-state index contributed by atoms with van der Waals surface area (Å²) in [5.41, 5.74) is 2.56. The molecular weight excluding hydrogens is 192 g/mol. The van der Waals surface area contributed by atoms with Crippen molar-refractivity contribution >= 4 is 24.3 Å². The third kappa shape index (κ3) is 1.59. The maximum atomic E-state index is 2.24. The monoisotopic (exact) mass is 204 g/mol. The maximum Gasteiger partial charge on any atom is -0.0178 e. The lowest BCUT2D eigenvalue weighted by molar-refractivity contribution is 1.49. The van der Waals surface area contributed by atoms with E-state index in [2.05, 4.69) is 72.9 Å². The minimum Gasteiger partial charge on any atom is -0.0622 e. The Labute approximate surface area is 94.9 Å². The van der Waals surface area contributed by atoms with Gasteiger partial charge in [-0.3, -0.25) is 0 Å². The molecule has 0 aromatic heterocycles. The predicted molar refractivity (Wildman–Crippen MR) is 71.0 cm³/mol. The summed E-state index contributed by atoms with van der Waals surface area (Å²) < 4.78 is 0. The van der Waals surface area contributed by atoms with Gasteiger partial charge in [-0.05, 0) is 33.7 Å². The highest BCUT2D eigenvalue weighted by Crippen LogP contribution is 2.03. The summed E-state index contributed by atoms with van der Waals surface area (Å²) in [7, 11) is 0. The van der Waals surface area contributed by atoms with Gasteiger partial charge >= 0.3 is 0 Å². The molecule has 0 radical (unpaired) electrons. The fourth-order valence-electron chi connectivity index (χ4n) is 2.01. The molecular formula is C16H12. The van der Waals surface area contributed by atoms with Crippen LogP contribution in [0.5, 0.6) is 0 Å². The molecule has 0 N–H and O–H groups in total. The van der Waals surface area contributed by atoms with Gasteiger partial charge in [-0.2, -0.15) is 0 Å². The molecule has 0 heteroatoms. The molecule has 1 aromatic rings. The smallest absolute Gasteiger partial charge is 0.0178 e. The van der Waals surface area contributed by atoms with Gasteiger partial charge in [-0.15, -0.1) is 0 Å². The Balaban J connectivity index is 2.37. The Morgan fingerprint density at radius 2 is 1.00 bits per heavy atom. The summed E-state index contributed by atoms with van der Waals surface area (Å²) in [6, 6.07) is 4.48.